The monoisotopic (exact) mass is 283 g/mol. The van der Waals surface area contributed by atoms with Gasteiger partial charge in [0.1, 0.15) is 0 Å². The Kier molecular flexibility index (Phi) is 5.03. The van der Waals surface area contributed by atoms with Gasteiger partial charge < -0.3 is 10.0 Å². The van der Waals surface area contributed by atoms with Crippen LogP contribution in [0.2, 0.25) is 0 Å². The molecular formula is C19H25NO. The van der Waals surface area contributed by atoms with E-state index in [0.717, 1.165) is 17.7 Å². The molecule has 0 radical (unpaired) electrons. The second kappa shape index (κ2) is 6.77. The van der Waals surface area contributed by atoms with Gasteiger partial charge in [-0.3, -0.25) is 0 Å². The highest BCUT2D eigenvalue weighted by atomic mass is 16.3. The van der Waals surface area contributed by atoms with E-state index in [1.54, 1.807) is 0 Å². The van der Waals surface area contributed by atoms with Crippen molar-refractivity contribution in [3.05, 3.63) is 64.7 Å². The highest BCUT2D eigenvalue weighted by molar-refractivity contribution is 5.49. The van der Waals surface area contributed by atoms with Crippen molar-refractivity contribution < 1.29 is 5.11 Å². The molecule has 0 saturated heterocycles. The minimum absolute atomic E-state index is 0.467. The predicted octanol–water partition coefficient (Wildman–Crippen LogP) is 4.17. The van der Waals surface area contributed by atoms with Crippen molar-refractivity contribution in [3.8, 4) is 0 Å². The Hall–Kier alpha value is -1.80. The molecular weight excluding hydrogens is 258 g/mol. The standard InChI is InChI=1S/C19H25NO/c1-5-20(17-8-6-7-14(2)11-17)13-19(21)18-12-15(3)9-10-16(18)4/h6-12,19,21H,5,13H2,1-4H3. The molecule has 112 valence electrons. The first-order valence-corrected chi connectivity index (χ1v) is 7.58. The Morgan fingerprint density at radius 2 is 1.71 bits per heavy atom. The van der Waals surface area contributed by atoms with Crippen molar-refractivity contribution in [2.75, 3.05) is 18.0 Å². The van der Waals surface area contributed by atoms with Crippen molar-refractivity contribution in [3.63, 3.8) is 0 Å². The second-order valence-electron chi connectivity index (χ2n) is 5.75. The molecule has 2 heteroatoms. The van der Waals surface area contributed by atoms with Gasteiger partial charge in [-0.25, -0.2) is 0 Å². The molecule has 0 bridgehead atoms. The number of aliphatic hydroxyl groups is 1. The van der Waals surface area contributed by atoms with Crippen LogP contribution in [-0.4, -0.2) is 18.2 Å². The summed E-state index contributed by atoms with van der Waals surface area (Å²) in [7, 11) is 0. The molecule has 2 aromatic carbocycles. The van der Waals surface area contributed by atoms with Crippen LogP contribution >= 0.6 is 0 Å². The van der Waals surface area contributed by atoms with E-state index in [2.05, 4.69) is 75.1 Å². The summed E-state index contributed by atoms with van der Waals surface area (Å²) in [5, 5.41) is 10.6. The topological polar surface area (TPSA) is 23.5 Å². The molecule has 1 atom stereocenters. The molecule has 0 amide bonds. The summed E-state index contributed by atoms with van der Waals surface area (Å²) < 4.78 is 0. The average Bonchev–Trinajstić information content (AvgIpc) is 2.47. The fraction of sp³-hybridized carbons (Fsp3) is 0.368. The maximum Gasteiger partial charge on any atom is 0.0967 e. The molecule has 0 spiro atoms. The lowest BCUT2D eigenvalue weighted by atomic mass is 10.0. The van der Waals surface area contributed by atoms with E-state index in [9.17, 15) is 5.11 Å². The summed E-state index contributed by atoms with van der Waals surface area (Å²) in [6, 6.07) is 14.7. The van der Waals surface area contributed by atoms with Crippen molar-refractivity contribution >= 4 is 5.69 Å². The number of anilines is 1. The molecule has 0 saturated carbocycles. The molecule has 0 fully saturated rings. The van der Waals surface area contributed by atoms with Crippen LogP contribution in [0.4, 0.5) is 5.69 Å². The lowest BCUT2D eigenvalue weighted by molar-refractivity contribution is 0.183. The zero-order valence-corrected chi connectivity index (χ0v) is 13.4. The molecule has 0 aliphatic carbocycles. The summed E-state index contributed by atoms with van der Waals surface area (Å²) in [5.74, 6) is 0. The highest BCUT2D eigenvalue weighted by Gasteiger charge is 2.15. The first kappa shape index (κ1) is 15.6. The van der Waals surface area contributed by atoms with Gasteiger partial charge in [0, 0.05) is 18.8 Å². The minimum atomic E-state index is -0.467. The summed E-state index contributed by atoms with van der Waals surface area (Å²) in [5.41, 5.74) is 5.77. The van der Waals surface area contributed by atoms with Gasteiger partial charge in [-0.05, 0) is 56.5 Å². The van der Waals surface area contributed by atoms with Gasteiger partial charge in [0.05, 0.1) is 6.10 Å². The lowest BCUT2D eigenvalue weighted by Crippen LogP contribution is -2.28. The largest absolute Gasteiger partial charge is 0.387 e. The van der Waals surface area contributed by atoms with Crippen molar-refractivity contribution in [2.24, 2.45) is 0 Å². The van der Waals surface area contributed by atoms with Gasteiger partial charge in [0.25, 0.3) is 0 Å². The smallest absolute Gasteiger partial charge is 0.0967 e. The van der Waals surface area contributed by atoms with E-state index >= 15 is 0 Å². The zero-order chi connectivity index (χ0) is 15.4. The quantitative estimate of drug-likeness (QED) is 0.890. The number of hydrogen-bond acceptors (Lipinski definition) is 2. The Morgan fingerprint density at radius 1 is 1.00 bits per heavy atom. The molecule has 2 aromatic rings. The van der Waals surface area contributed by atoms with Crippen molar-refractivity contribution in [1.82, 2.24) is 0 Å². The maximum atomic E-state index is 10.6. The first-order valence-electron chi connectivity index (χ1n) is 7.58. The van der Waals surface area contributed by atoms with Crippen LogP contribution in [0.3, 0.4) is 0 Å². The van der Waals surface area contributed by atoms with Gasteiger partial charge in [-0.15, -0.1) is 0 Å². The van der Waals surface area contributed by atoms with Crippen molar-refractivity contribution in [2.45, 2.75) is 33.8 Å². The Balaban J connectivity index is 2.20. The Bertz CT molecular complexity index is 606. The number of hydrogen-bond donors (Lipinski definition) is 1. The maximum absolute atomic E-state index is 10.6. The van der Waals surface area contributed by atoms with E-state index in [-0.39, 0.29) is 0 Å². The van der Waals surface area contributed by atoms with Crippen LogP contribution in [0.25, 0.3) is 0 Å². The Labute approximate surface area is 128 Å². The molecule has 21 heavy (non-hydrogen) atoms. The molecule has 0 heterocycles. The highest BCUT2D eigenvalue weighted by Crippen LogP contribution is 2.23. The number of nitrogens with zero attached hydrogens (tertiary/aromatic N) is 1. The van der Waals surface area contributed by atoms with Crippen LogP contribution in [-0.2, 0) is 0 Å². The average molecular weight is 283 g/mol. The zero-order valence-electron chi connectivity index (χ0n) is 13.4. The third-order valence-corrected chi connectivity index (χ3v) is 3.94. The first-order chi connectivity index (χ1) is 10.0. The van der Waals surface area contributed by atoms with Gasteiger partial charge in [-0.1, -0.05) is 35.9 Å². The summed E-state index contributed by atoms with van der Waals surface area (Å²) in [6.45, 7) is 9.83. The van der Waals surface area contributed by atoms with Crippen molar-refractivity contribution in [1.29, 1.82) is 0 Å². The predicted molar refractivity (Wildman–Crippen MR) is 89.9 cm³/mol. The second-order valence-corrected chi connectivity index (χ2v) is 5.75. The van der Waals surface area contributed by atoms with Crippen LogP contribution in [0, 0.1) is 20.8 Å². The minimum Gasteiger partial charge on any atom is -0.387 e. The number of rotatable bonds is 5. The fourth-order valence-corrected chi connectivity index (χ4v) is 2.67. The number of aliphatic hydroxyl groups excluding tert-OH is 1. The van der Waals surface area contributed by atoms with Crippen LogP contribution < -0.4 is 4.90 Å². The lowest BCUT2D eigenvalue weighted by Gasteiger charge is -2.27. The van der Waals surface area contributed by atoms with E-state index in [4.69, 9.17) is 0 Å². The van der Waals surface area contributed by atoms with Gasteiger partial charge in [0.15, 0.2) is 0 Å². The van der Waals surface area contributed by atoms with Crippen LogP contribution in [0.1, 0.15) is 35.3 Å². The van der Waals surface area contributed by atoms with Gasteiger partial charge >= 0.3 is 0 Å². The third-order valence-electron chi connectivity index (χ3n) is 3.94. The SMILES string of the molecule is CCN(CC(O)c1cc(C)ccc1C)c1cccc(C)c1. The van der Waals surface area contributed by atoms with Gasteiger partial charge in [0.2, 0.25) is 0 Å². The third kappa shape index (κ3) is 3.85. The van der Waals surface area contributed by atoms with Crippen LogP contribution in [0.15, 0.2) is 42.5 Å². The number of likely N-dealkylation sites (N-methyl/N-ethyl adjacent to an activating group) is 1. The molecule has 0 aliphatic rings. The number of aryl methyl sites for hydroxylation is 3. The molecule has 0 aromatic heterocycles. The Morgan fingerprint density at radius 3 is 2.38 bits per heavy atom. The summed E-state index contributed by atoms with van der Waals surface area (Å²) in [4.78, 5) is 2.22. The normalized spacial score (nSPS) is 12.2. The van der Waals surface area contributed by atoms with E-state index < -0.39 is 6.10 Å². The number of benzene rings is 2. The molecule has 2 nitrogen and oxygen atoms in total. The van der Waals surface area contributed by atoms with E-state index in [1.807, 2.05) is 0 Å². The van der Waals surface area contributed by atoms with E-state index in [1.165, 1.54) is 16.8 Å². The van der Waals surface area contributed by atoms with Gasteiger partial charge in [-0.2, -0.15) is 0 Å². The molecule has 1 unspecified atom stereocenters. The summed E-state index contributed by atoms with van der Waals surface area (Å²) in [6.07, 6.45) is -0.467. The van der Waals surface area contributed by atoms with E-state index in [0.29, 0.717) is 6.54 Å². The molecule has 0 aliphatic heterocycles. The fourth-order valence-electron chi connectivity index (χ4n) is 2.67. The molecule has 1 N–H and O–H groups in total. The van der Waals surface area contributed by atoms with Crippen LogP contribution in [0.5, 0.6) is 0 Å². The summed E-state index contributed by atoms with van der Waals surface area (Å²) >= 11 is 0. The molecule has 2 rings (SSSR count).